The topological polar surface area (TPSA) is 69.7 Å². The average Bonchev–Trinajstić information content (AvgIpc) is 3.32. The van der Waals surface area contributed by atoms with E-state index in [1.54, 1.807) is 18.6 Å². The fourth-order valence-corrected chi connectivity index (χ4v) is 3.16. The molecule has 0 saturated carbocycles. The third-order valence-corrected chi connectivity index (χ3v) is 4.52. The van der Waals surface area contributed by atoms with Gasteiger partial charge in [0.2, 0.25) is 12.7 Å². The molecule has 0 atom stereocenters. The zero-order valence-corrected chi connectivity index (χ0v) is 15.5. The maximum Gasteiger partial charge on any atom is 0.231 e. The molecule has 1 aliphatic rings. The normalized spacial score (nSPS) is 12.9. The van der Waals surface area contributed by atoms with Gasteiger partial charge in [-0.25, -0.2) is 4.98 Å². The third kappa shape index (κ3) is 3.17. The monoisotopic (exact) mass is 421 g/mol. The first-order valence-electron chi connectivity index (χ1n) is 8.20. The van der Waals surface area contributed by atoms with Gasteiger partial charge in [-0.3, -0.25) is 9.98 Å². The van der Waals surface area contributed by atoms with E-state index in [1.165, 1.54) is 0 Å². The van der Waals surface area contributed by atoms with Crippen LogP contribution in [0, 0.1) is 0 Å². The number of pyridine rings is 1. The minimum absolute atomic E-state index is 0.259. The van der Waals surface area contributed by atoms with Crippen molar-refractivity contribution in [1.29, 1.82) is 0 Å². The summed E-state index contributed by atoms with van der Waals surface area (Å²) in [5.74, 6) is 2.01. The number of nitrogens with zero attached hydrogens (tertiary/aromatic N) is 3. The SMILES string of the molecule is Brc1cncc(-c2nc3cc(N=Cc4ccc5c(c4)OCO5)ccc3o2)c1. The number of aliphatic imine (C=N–C) groups is 1. The molecule has 132 valence electrons. The van der Waals surface area contributed by atoms with Gasteiger partial charge in [0.1, 0.15) is 5.52 Å². The molecule has 1 aliphatic heterocycles. The van der Waals surface area contributed by atoms with Crippen LogP contribution in [-0.4, -0.2) is 23.0 Å². The molecule has 0 aliphatic carbocycles. The molecule has 0 radical (unpaired) electrons. The molecule has 4 aromatic rings. The van der Waals surface area contributed by atoms with E-state index in [9.17, 15) is 0 Å². The lowest BCUT2D eigenvalue weighted by molar-refractivity contribution is 0.174. The number of oxazole rings is 1. The fourth-order valence-electron chi connectivity index (χ4n) is 2.79. The summed E-state index contributed by atoms with van der Waals surface area (Å²) in [4.78, 5) is 13.2. The van der Waals surface area contributed by atoms with Crippen LogP contribution in [0.1, 0.15) is 5.56 Å². The minimum atomic E-state index is 0.259. The highest BCUT2D eigenvalue weighted by molar-refractivity contribution is 9.10. The smallest absolute Gasteiger partial charge is 0.231 e. The Morgan fingerprint density at radius 2 is 1.93 bits per heavy atom. The van der Waals surface area contributed by atoms with Crippen molar-refractivity contribution in [3.05, 3.63) is 64.9 Å². The molecule has 5 rings (SSSR count). The lowest BCUT2D eigenvalue weighted by Gasteiger charge is -1.97. The van der Waals surface area contributed by atoms with Crippen LogP contribution < -0.4 is 9.47 Å². The van der Waals surface area contributed by atoms with Crippen molar-refractivity contribution in [2.45, 2.75) is 0 Å². The van der Waals surface area contributed by atoms with Crippen LogP contribution in [-0.2, 0) is 0 Å². The first-order chi connectivity index (χ1) is 13.2. The van der Waals surface area contributed by atoms with Gasteiger partial charge < -0.3 is 13.9 Å². The maximum atomic E-state index is 5.82. The van der Waals surface area contributed by atoms with Crippen LogP contribution in [0.15, 0.2) is 68.7 Å². The van der Waals surface area contributed by atoms with Crippen LogP contribution in [0.2, 0.25) is 0 Å². The van der Waals surface area contributed by atoms with Crippen LogP contribution in [0.3, 0.4) is 0 Å². The van der Waals surface area contributed by atoms with E-state index >= 15 is 0 Å². The fraction of sp³-hybridized carbons (Fsp3) is 0.0500. The predicted octanol–water partition coefficient (Wildman–Crippen LogP) is 5.13. The van der Waals surface area contributed by atoms with Crippen LogP contribution in [0.5, 0.6) is 11.5 Å². The number of benzene rings is 2. The summed E-state index contributed by atoms with van der Waals surface area (Å²) in [6, 6.07) is 13.3. The Labute approximate surface area is 162 Å². The molecule has 0 saturated heterocycles. The quantitative estimate of drug-likeness (QED) is 0.428. The molecule has 27 heavy (non-hydrogen) atoms. The summed E-state index contributed by atoms with van der Waals surface area (Å²) in [6.45, 7) is 0.259. The molecule has 2 aromatic heterocycles. The van der Waals surface area contributed by atoms with E-state index < -0.39 is 0 Å². The van der Waals surface area contributed by atoms with Crippen molar-refractivity contribution in [1.82, 2.24) is 9.97 Å². The second-order valence-corrected chi connectivity index (χ2v) is 6.85. The lowest BCUT2D eigenvalue weighted by atomic mass is 10.2. The van der Waals surface area contributed by atoms with E-state index in [2.05, 4.69) is 30.9 Å². The molecule has 3 heterocycles. The second kappa shape index (κ2) is 6.51. The van der Waals surface area contributed by atoms with Crippen LogP contribution in [0.4, 0.5) is 5.69 Å². The van der Waals surface area contributed by atoms with Crippen molar-refractivity contribution < 1.29 is 13.9 Å². The predicted molar refractivity (Wildman–Crippen MR) is 105 cm³/mol. The van der Waals surface area contributed by atoms with Crippen molar-refractivity contribution in [2.24, 2.45) is 4.99 Å². The van der Waals surface area contributed by atoms with Crippen LogP contribution in [0.25, 0.3) is 22.6 Å². The van der Waals surface area contributed by atoms with Gasteiger partial charge in [-0.1, -0.05) is 0 Å². The number of hydrogen-bond acceptors (Lipinski definition) is 6. The number of hydrogen-bond donors (Lipinski definition) is 0. The van der Waals surface area contributed by atoms with E-state index in [-0.39, 0.29) is 6.79 Å². The minimum Gasteiger partial charge on any atom is -0.454 e. The molecule has 0 unspecified atom stereocenters. The van der Waals surface area contributed by atoms with Gasteiger partial charge in [0.05, 0.1) is 11.3 Å². The van der Waals surface area contributed by atoms with Crippen molar-refractivity contribution in [2.75, 3.05) is 6.79 Å². The molecule has 0 bridgehead atoms. The Kier molecular flexibility index (Phi) is 3.86. The zero-order chi connectivity index (χ0) is 18.2. The Morgan fingerprint density at radius 1 is 1.00 bits per heavy atom. The number of aromatic nitrogens is 2. The van der Waals surface area contributed by atoms with Gasteiger partial charge in [0.15, 0.2) is 17.1 Å². The summed E-state index contributed by atoms with van der Waals surface area (Å²) in [7, 11) is 0. The van der Waals surface area contributed by atoms with Crippen molar-refractivity contribution >= 4 is 38.9 Å². The first-order valence-corrected chi connectivity index (χ1v) is 8.99. The Bertz CT molecular complexity index is 1190. The summed E-state index contributed by atoms with van der Waals surface area (Å²) >= 11 is 3.41. The highest BCUT2D eigenvalue weighted by Crippen LogP contribution is 2.32. The summed E-state index contributed by atoms with van der Waals surface area (Å²) in [5.41, 5.74) is 3.97. The first kappa shape index (κ1) is 16.0. The van der Waals surface area contributed by atoms with Gasteiger partial charge in [0.25, 0.3) is 0 Å². The number of rotatable bonds is 3. The van der Waals surface area contributed by atoms with Gasteiger partial charge in [0, 0.05) is 23.1 Å². The van der Waals surface area contributed by atoms with Crippen molar-refractivity contribution in [3.8, 4) is 23.0 Å². The standard InChI is InChI=1S/C20H12BrN3O3/c21-14-6-13(9-22-10-14)20-24-16-7-15(2-4-17(16)27-20)23-8-12-1-3-18-19(5-12)26-11-25-18/h1-10H,11H2. The molecular weight excluding hydrogens is 410 g/mol. The lowest BCUT2D eigenvalue weighted by Crippen LogP contribution is -1.92. The van der Waals surface area contributed by atoms with Gasteiger partial charge >= 0.3 is 0 Å². The molecular formula is C20H12BrN3O3. The molecule has 2 aromatic carbocycles. The average molecular weight is 422 g/mol. The molecule has 0 fully saturated rings. The van der Waals surface area contributed by atoms with Gasteiger partial charge in [-0.05, 0) is 64.0 Å². The number of fused-ring (bicyclic) bond motifs is 2. The van der Waals surface area contributed by atoms with E-state index in [0.29, 0.717) is 11.5 Å². The van der Waals surface area contributed by atoms with Gasteiger partial charge in [-0.15, -0.1) is 0 Å². The second-order valence-electron chi connectivity index (χ2n) is 5.93. The summed E-state index contributed by atoms with van der Waals surface area (Å²) < 4.78 is 17.4. The Hall–Kier alpha value is -3.19. The highest BCUT2D eigenvalue weighted by Gasteiger charge is 2.12. The van der Waals surface area contributed by atoms with Gasteiger partial charge in [-0.2, -0.15) is 0 Å². The molecule has 0 N–H and O–H groups in total. The largest absolute Gasteiger partial charge is 0.454 e. The summed E-state index contributed by atoms with van der Waals surface area (Å²) in [6.07, 6.45) is 5.21. The zero-order valence-electron chi connectivity index (χ0n) is 13.9. The highest BCUT2D eigenvalue weighted by atomic mass is 79.9. The molecule has 7 heteroatoms. The number of ether oxygens (including phenoxy) is 2. The molecule has 6 nitrogen and oxygen atoms in total. The van der Waals surface area contributed by atoms with E-state index in [0.717, 1.165) is 38.3 Å². The number of halogens is 1. The van der Waals surface area contributed by atoms with E-state index in [1.807, 2.05) is 42.5 Å². The maximum absolute atomic E-state index is 5.82. The third-order valence-electron chi connectivity index (χ3n) is 4.08. The Morgan fingerprint density at radius 3 is 2.85 bits per heavy atom. The molecule has 0 spiro atoms. The Balaban J connectivity index is 1.44. The van der Waals surface area contributed by atoms with Crippen LogP contribution >= 0.6 is 15.9 Å². The van der Waals surface area contributed by atoms with E-state index in [4.69, 9.17) is 13.9 Å². The molecule has 0 amide bonds. The van der Waals surface area contributed by atoms with Crippen molar-refractivity contribution in [3.63, 3.8) is 0 Å². The summed E-state index contributed by atoms with van der Waals surface area (Å²) in [5, 5.41) is 0.